The lowest BCUT2D eigenvalue weighted by Crippen LogP contribution is -2.43. The van der Waals surface area contributed by atoms with Crippen LogP contribution in [0, 0.1) is 23.7 Å². The number of carbonyl (C=O) groups excluding carboxylic acids is 3. The maximum atomic E-state index is 11.8. The molecular weight excluding hydrogens is 252 g/mol. The van der Waals surface area contributed by atoms with Gasteiger partial charge in [0.05, 0.1) is 18.9 Å². The molecule has 0 radical (unpaired) electrons. The Hall–Kier alpha value is -1.85. The van der Waals surface area contributed by atoms with E-state index in [-0.39, 0.29) is 17.8 Å². The van der Waals surface area contributed by atoms with Gasteiger partial charge in [-0.15, -0.1) is 0 Å². The van der Waals surface area contributed by atoms with Crippen molar-refractivity contribution in [1.82, 2.24) is 0 Å². The van der Waals surface area contributed by atoms with Gasteiger partial charge in [0.25, 0.3) is 0 Å². The van der Waals surface area contributed by atoms with Gasteiger partial charge in [-0.3, -0.25) is 9.59 Å². The minimum absolute atomic E-state index is 0.0517. The Bertz CT molecular complexity index is 470. The van der Waals surface area contributed by atoms with Crippen molar-refractivity contribution >= 4 is 17.9 Å². The van der Waals surface area contributed by atoms with Gasteiger partial charge in [-0.1, -0.05) is 6.58 Å². The first-order chi connectivity index (χ1) is 9.08. The highest BCUT2D eigenvalue weighted by molar-refractivity contribution is 5.86. The highest BCUT2D eigenvalue weighted by Crippen LogP contribution is 2.58. The molecule has 2 bridgehead atoms. The zero-order valence-corrected chi connectivity index (χ0v) is 10.4. The molecule has 2 saturated carbocycles. The van der Waals surface area contributed by atoms with E-state index in [0.717, 1.165) is 6.08 Å². The van der Waals surface area contributed by atoms with Gasteiger partial charge in [0, 0.05) is 17.9 Å². The molecule has 0 spiro atoms. The molecule has 1 heterocycles. The summed E-state index contributed by atoms with van der Waals surface area (Å²) in [6.07, 6.45) is 0.721. The highest BCUT2D eigenvalue weighted by atomic mass is 16.6. The zero-order valence-electron chi connectivity index (χ0n) is 10.4. The lowest BCUT2D eigenvalue weighted by Gasteiger charge is -2.29. The van der Waals surface area contributed by atoms with E-state index in [9.17, 15) is 14.4 Å². The zero-order chi connectivity index (χ0) is 13.7. The summed E-state index contributed by atoms with van der Waals surface area (Å²) in [5.74, 6) is -2.66. The minimum atomic E-state index is -0.569. The Labute approximate surface area is 109 Å². The van der Waals surface area contributed by atoms with Crippen molar-refractivity contribution in [3.8, 4) is 0 Å². The highest BCUT2D eigenvalue weighted by Gasteiger charge is 2.70. The standard InChI is InChI=1S/C13H14O6/c1-3-7(14)18-10-5-4-6-9(8(5)12(15)17-2)13(16)19-11(6)10/h3,5-6,8-11H,1,4H2,2H3/t5-,6?,8?,9?,10?,11?/m0/s1. The van der Waals surface area contributed by atoms with Crippen molar-refractivity contribution in [1.29, 1.82) is 0 Å². The van der Waals surface area contributed by atoms with Crippen LogP contribution in [0.25, 0.3) is 0 Å². The Balaban J connectivity index is 1.90. The molecule has 3 aliphatic rings. The molecule has 0 amide bonds. The van der Waals surface area contributed by atoms with E-state index in [0.29, 0.717) is 6.42 Å². The SMILES string of the molecule is C=CC(=O)OC1C2OC(=O)C3C2C[C@H]1C3C(=O)OC. The number of methoxy groups -OCH3 is 1. The van der Waals surface area contributed by atoms with Crippen LogP contribution in [0.4, 0.5) is 0 Å². The predicted molar refractivity (Wildman–Crippen MR) is 60.6 cm³/mol. The summed E-state index contributed by atoms with van der Waals surface area (Å²) in [6, 6.07) is 0. The first-order valence-electron chi connectivity index (χ1n) is 6.20. The molecule has 1 aliphatic heterocycles. The number of esters is 3. The molecule has 6 atom stereocenters. The van der Waals surface area contributed by atoms with Crippen molar-refractivity contribution in [2.75, 3.05) is 7.11 Å². The fraction of sp³-hybridized carbons (Fsp3) is 0.615. The van der Waals surface area contributed by atoms with Gasteiger partial charge in [-0.25, -0.2) is 4.79 Å². The van der Waals surface area contributed by atoms with Gasteiger partial charge in [0.1, 0.15) is 12.2 Å². The van der Waals surface area contributed by atoms with Crippen LogP contribution >= 0.6 is 0 Å². The average Bonchev–Trinajstić information content (AvgIpc) is 3.00. The second-order valence-electron chi connectivity index (χ2n) is 5.15. The van der Waals surface area contributed by atoms with Crippen molar-refractivity contribution < 1.29 is 28.6 Å². The second kappa shape index (κ2) is 4.08. The lowest BCUT2D eigenvalue weighted by atomic mass is 9.78. The van der Waals surface area contributed by atoms with Crippen LogP contribution in [0.1, 0.15) is 6.42 Å². The van der Waals surface area contributed by atoms with Crippen LogP contribution in [0.5, 0.6) is 0 Å². The van der Waals surface area contributed by atoms with Gasteiger partial charge in [0.2, 0.25) is 0 Å². The summed E-state index contributed by atoms with van der Waals surface area (Å²) < 4.78 is 15.3. The molecule has 3 fully saturated rings. The Kier molecular flexibility index (Phi) is 2.62. The van der Waals surface area contributed by atoms with Crippen LogP contribution in [0.15, 0.2) is 12.7 Å². The summed E-state index contributed by atoms with van der Waals surface area (Å²) in [6.45, 7) is 3.34. The van der Waals surface area contributed by atoms with Crippen LogP contribution < -0.4 is 0 Å². The maximum Gasteiger partial charge on any atom is 0.330 e. The molecule has 5 unspecified atom stereocenters. The van der Waals surface area contributed by atoms with Crippen molar-refractivity contribution in [2.45, 2.75) is 18.6 Å². The molecule has 1 saturated heterocycles. The Morgan fingerprint density at radius 3 is 2.79 bits per heavy atom. The predicted octanol–water partition coefficient (Wildman–Crippen LogP) is 0.0647. The fourth-order valence-electron chi connectivity index (χ4n) is 3.79. The molecule has 0 aromatic carbocycles. The Morgan fingerprint density at radius 2 is 2.16 bits per heavy atom. The molecule has 2 aliphatic carbocycles. The molecule has 102 valence electrons. The topological polar surface area (TPSA) is 78.9 Å². The molecule has 0 aromatic rings. The fourth-order valence-corrected chi connectivity index (χ4v) is 3.79. The van der Waals surface area contributed by atoms with Gasteiger partial charge in [-0.2, -0.15) is 0 Å². The summed E-state index contributed by atoms with van der Waals surface area (Å²) in [4.78, 5) is 35.0. The van der Waals surface area contributed by atoms with Gasteiger partial charge < -0.3 is 14.2 Å². The first kappa shape index (κ1) is 12.2. The molecule has 0 N–H and O–H groups in total. The van der Waals surface area contributed by atoms with E-state index in [1.165, 1.54) is 7.11 Å². The summed E-state index contributed by atoms with van der Waals surface area (Å²) in [7, 11) is 1.29. The molecule has 3 rings (SSSR count). The Morgan fingerprint density at radius 1 is 1.42 bits per heavy atom. The van der Waals surface area contributed by atoms with E-state index in [1.54, 1.807) is 0 Å². The number of carbonyl (C=O) groups is 3. The van der Waals surface area contributed by atoms with E-state index in [4.69, 9.17) is 14.2 Å². The smallest absolute Gasteiger partial charge is 0.330 e. The first-order valence-corrected chi connectivity index (χ1v) is 6.20. The summed E-state index contributed by atoms with van der Waals surface area (Å²) in [5.41, 5.74) is 0. The van der Waals surface area contributed by atoms with Crippen LogP contribution in [0.3, 0.4) is 0 Å². The minimum Gasteiger partial charge on any atom is -0.469 e. The van der Waals surface area contributed by atoms with Gasteiger partial charge in [0.15, 0.2) is 0 Å². The third-order valence-electron chi connectivity index (χ3n) is 4.44. The number of fused-ring (bicyclic) bond motifs is 1. The van der Waals surface area contributed by atoms with Crippen molar-refractivity contribution in [2.24, 2.45) is 23.7 Å². The van der Waals surface area contributed by atoms with Crippen molar-refractivity contribution in [3.63, 3.8) is 0 Å². The quantitative estimate of drug-likeness (QED) is 0.408. The molecule has 6 nitrogen and oxygen atoms in total. The summed E-state index contributed by atoms with van der Waals surface area (Å²) in [5, 5.41) is 0. The maximum absolute atomic E-state index is 11.8. The summed E-state index contributed by atoms with van der Waals surface area (Å²) >= 11 is 0. The van der Waals surface area contributed by atoms with Crippen LogP contribution in [-0.4, -0.2) is 37.2 Å². The van der Waals surface area contributed by atoms with Crippen LogP contribution in [-0.2, 0) is 28.6 Å². The van der Waals surface area contributed by atoms with Crippen molar-refractivity contribution in [3.05, 3.63) is 12.7 Å². The molecule has 19 heavy (non-hydrogen) atoms. The third-order valence-corrected chi connectivity index (χ3v) is 4.44. The third kappa shape index (κ3) is 1.52. The normalized spacial score (nSPS) is 41.8. The van der Waals surface area contributed by atoms with Gasteiger partial charge in [-0.05, 0) is 6.42 Å². The second-order valence-corrected chi connectivity index (χ2v) is 5.15. The molecule has 0 aromatic heterocycles. The number of hydrogen-bond donors (Lipinski definition) is 0. The molecular formula is C13H14O6. The largest absolute Gasteiger partial charge is 0.469 e. The van der Waals surface area contributed by atoms with E-state index in [1.807, 2.05) is 0 Å². The van der Waals surface area contributed by atoms with Gasteiger partial charge >= 0.3 is 17.9 Å². The number of rotatable bonds is 3. The number of hydrogen-bond acceptors (Lipinski definition) is 6. The van der Waals surface area contributed by atoms with E-state index in [2.05, 4.69) is 6.58 Å². The van der Waals surface area contributed by atoms with E-state index < -0.39 is 36.0 Å². The van der Waals surface area contributed by atoms with E-state index >= 15 is 0 Å². The number of ether oxygens (including phenoxy) is 3. The van der Waals surface area contributed by atoms with Crippen LogP contribution in [0.2, 0.25) is 0 Å². The monoisotopic (exact) mass is 266 g/mol. The lowest BCUT2D eigenvalue weighted by molar-refractivity contribution is -0.160. The molecule has 6 heteroatoms. The average molecular weight is 266 g/mol.